The summed E-state index contributed by atoms with van der Waals surface area (Å²) < 4.78 is 0. The number of nitrogens with zero attached hydrogens (tertiary/aromatic N) is 3. The van der Waals surface area contributed by atoms with Gasteiger partial charge in [0.25, 0.3) is 0 Å². The second-order valence-corrected chi connectivity index (χ2v) is 1.88. The van der Waals surface area contributed by atoms with Crippen LogP contribution in [0.3, 0.4) is 0 Å². The lowest BCUT2D eigenvalue weighted by Gasteiger charge is -1.93. The van der Waals surface area contributed by atoms with Crippen molar-refractivity contribution in [2.45, 2.75) is 13.8 Å². The summed E-state index contributed by atoms with van der Waals surface area (Å²) in [7, 11) is 0. The standard InChI is InChI=1S/C7H9N3/c1-3-9-7-4-8-5-10-6(7)2/h3-5H,1-2H3. The summed E-state index contributed by atoms with van der Waals surface area (Å²) in [6.07, 6.45) is 4.94. The third kappa shape index (κ3) is 1.37. The Bertz CT molecular complexity index is 242. The van der Waals surface area contributed by atoms with Crippen molar-refractivity contribution in [2.24, 2.45) is 4.99 Å². The Morgan fingerprint density at radius 3 is 3.00 bits per heavy atom. The highest BCUT2D eigenvalue weighted by Gasteiger charge is 1.92. The number of aryl methyl sites for hydroxylation is 1. The van der Waals surface area contributed by atoms with Gasteiger partial charge >= 0.3 is 0 Å². The molecule has 0 aliphatic rings. The minimum absolute atomic E-state index is 0.838. The van der Waals surface area contributed by atoms with Crippen LogP contribution in [-0.2, 0) is 0 Å². The third-order valence-electron chi connectivity index (χ3n) is 1.15. The molecule has 0 spiro atoms. The molecule has 0 saturated heterocycles. The van der Waals surface area contributed by atoms with Gasteiger partial charge in [-0.15, -0.1) is 0 Å². The van der Waals surface area contributed by atoms with E-state index in [-0.39, 0.29) is 0 Å². The fraction of sp³-hybridized carbons (Fsp3) is 0.286. The van der Waals surface area contributed by atoms with E-state index in [1.807, 2.05) is 13.8 Å². The molecule has 1 rings (SSSR count). The van der Waals surface area contributed by atoms with Crippen molar-refractivity contribution in [3.8, 4) is 0 Å². The summed E-state index contributed by atoms with van der Waals surface area (Å²) in [4.78, 5) is 11.9. The maximum Gasteiger partial charge on any atom is 0.115 e. The number of aromatic nitrogens is 2. The van der Waals surface area contributed by atoms with Crippen molar-refractivity contribution >= 4 is 11.9 Å². The molecule has 1 aromatic rings. The highest BCUT2D eigenvalue weighted by molar-refractivity contribution is 5.60. The summed E-state index contributed by atoms with van der Waals surface area (Å²) in [5, 5.41) is 0. The van der Waals surface area contributed by atoms with E-state index in [2.05, 4.69) is 15.0 Å². The van der Waals surface area contributed by atoms with Gasteiger partial charge < -0.3 is 0 Å². The highest BCUT2D eigenvalue weighted by Crippen LogP contribution is 2.11. The monoisotopic (exact) mass is 135 g/mol. The average Bonchev–Trinajstić information content (AvgIpc) is 1.94. The second kappa shape index (κ2) is 3.06. The lowest BCUT2D eigenvalue weighted by Crippen LogP contribution is -1.82. The highest BCUT2D eigenvalue weighted by atomic mass is 14.9. The van der Waals surface area contributed by atoms with Gasteiger partial charge in [-0.05, 0) is 13.8 Å². The molecular weight excluding hydrogens is 126 g/mol. The molecule has 1 aromatic heterocycles. The number of hydrogen-bond donors (Lipinski definition) is 0. The largest absolute Gasteiger partial charge is 0.258 e. The van der Waals surface area contributed by atoms with Gasteiger partial charge in [-0.2, -0.15) is 0 Å². The summed E-state index contributed by atoms with van der Waals surface area (Å²) in [6, 6.07) is 0. The van der Waals surface area contributed by atoms with Crippen LogP contribution in [0.25, 0.3) is 0 Å². The van der Waals surface area contributed by atoms with Crippen molar-refractivity contribution in [1.82, 2.24) is 9.97 Å². The van der Waals surface area contributed by atoms with E-state index < -0.39 is 0 Å². The lowest BCUT2D eigenvalue weighted by atomic mass is 10.4. The molecule has 0 fully saturated rings. The van der Waals surface area contributed by atoms with E-state index in [1.165, 1.54) is 6.33 Å². The van der Waals surface area contributed by atoms with E-state index in [4.69, 9.17) is 0 Å². The Kier molecular flexibility index (Phi) is 2.10. The fourth-order valence-corrected chi connectivity index (χ4v) is 0.649. The molecule has 0 unspecified atom stereocenters. The number of aliphatic imine (C=N–C) groups is 1. The first-order valence-corrected chi connectivity index (χ1v) is 3.10. The number of hydrogen-bond acceptors (Lipinski definition) is 3. The van der Waals surface area contributed by atoms with E-state index >= 15 is 0 Å². The van der Waals surface area contributed by atoms with Gasteiger partial charge in [0, 0.05) is 6.21 Å². The van der Waals surface area contributed by atoms with Crippen LogP contribution in [0.1, 0.15) is 12.6 Å². The minimum Gasteiger partial charge on any atom is -0.258 e. The Balaban J connectivity index is 3.03. The first-order valence-electron chi connectivity index (χ1n) is 3.10. The molecule has 0 aliphatic heterocycles. The molecule has 0 atom stereocenters. The van der Waals surface area contributed by atoms with Crippen LogP contribution in [0.15, 0.2) is 17.5 Å². The summed E-state index contributed by atoms with van der Waals surface area (Å²) in [5.41, 5.74) is 1.75. The van der Waals surface area contributed by atoms with Crippen LogP contribution in [0.2, 0.25) is 0 Å². The van der Waals surface area contributed by atoms with Crippen molar-refractivity contribution < 1.29 is 0 Å². The summed E-state index contributed by atoms with van der Waals surface area (Å²) in [6.45, 7) is 3.77. The quantitative estimate of drug-likeness (QED) is 0.547. The van der Waals surface area contributed by atoms with Gasteiger partial charge in [-0.1, -0.05) is 0 Å². The predicted octanol–water partition coefficient (Wildman–Crippen LogP) is 1.51. The minimum atomic E-state index is 0.838. The second-order valence-electron chi connectivity index (χ2n) is 1.88. The molecule has 52 valence electrons. The molecule has 1 heterocycles. The molecule has 0 bridgehead atoms. The molecule has 0 saturated carbocycles. The summed E-state index contributed by atoms with van der Waals surface area (Å²) in [5.74, 6) is 0. The maximum absolute atomic E-state index is 4.06. The zero-order valence-corrected chi connectivity index (χ0v) is 6.07. The van der Waals surface area contributed by atoms with Gasteiger partial charge in [0.15, 0.2) is 0 Å². The van der Waals surface area contributed by atoms with Crippen LogP contribution in [0, 0.1) is 6.92 Å². The molecule has 0 amide bonds. The van der Waals surface area contributed by atoms with Crippen LogP contribution in [0.4, 0.5) is 5.69 Å². The molecule has 3 heteroatoms. The number of rotatable bonds is 1. The zero-order valence-electron chi connectivity index (χ0n) is 6.07. The van der Waals surface area contributed by atoms with Crippen molar-refractivity contribution in [1.29, 1.82) is 0 Å². The van der Waals surface area contributed by atoms with Crippen LogP contribution >= 0.6 is 0 Å². The molecule has 0 radical (unpaired) electrons. The van der Waals surface area contributed by atoms with Crippen molar-refractivity contribution in [3.63, 3.8) is 0 Å². The van der Waals surface area contributed by atoms with Crippen molar-refractivity contribution in [3.05, 3.63) is 18.2 Å². The fourth-order valence-electron chi connectivity index (χ4n) is 0.649. The van der Waals surface area contributed by atoms with Crippen LogP contribution < -0.4 is 0 Å². The van der Waals surface area contributed by atoms with Gasteiger partial charge in [-0.3, -0.25) is 4.99 Å². The Morgan fingerprint density at radius 1 is 1.60 bits per heavy atom. The normalized spacial score (nSPS) is 10.6. The first kappa shape index (κ1) is 6.86. The molecular formula is C7H9N3. The first-order chi connectivity index (χ1) is 4.84. The smallest absolute Gasteiger partial charge is 0.115 e. The Labute approximate surface area is 59.9 Å². The van der Waals surface area contributed by atoms with E-state index in [0.717, 1.165) is 11.4 Å². The molecule has 10 heavy (non-hydrogen) atoms. The Hall–Kier alpha value is -1.25. The van der Waals surface area contributed by atoms with Crippen LogP contribution in [0.5, 0.6) is 0 Å². The van der Waals surface area contributed by atoms with Crippen molar-refractivity contribution in [2.75, 3.05) is 0 Å². The summed E-state index contributed by atoms with van der Waals surface area (Å²) >= 11 is 0. The molecule has 0 N–H and O–H groups in total. The lowest BCUT2D eigenvalue weighted by molar-refractivity contribution is 1.09. The third-order valence-corrected chi connectivity index (χ3v) is 1.15. The Morgan fingerprint density at radius 2 is 2.40 bits per heavy atom. The van der Waals surface area contributed by atoms with E-state index in [1.54, 1.807) is 12.4 Å². The van der Waals surface area contributed by atoms with E-state index in [9.17, 15) is 0 Å². The predicted molar refractivity (Wildman–Crippen MR) is 40.6 cm³/mol. The topological polar surface area (TPSA) is 38.1 Å². The van der Waals surface area contributed by atoms with Gasteiger partial charge in [0.05, 0.1) is 11.9 Å². The van der Waals surface area contributed by atoms with Gasteiger partial charge in [0.1, 0.15) is 12.0 Å². The van der Waals surface area contributed by atoms with Gasteiger partial charge in [-0.25, -0.2) is 9.97 Å². The van der Waals surface area contributed by atoms with Gasteiger partial charge in [0.2, 0.25) is 0 Å². The molecule has 0 aliphatic carbocycles. The maximum atomic E-state index is 4.06. The van der Waals surface area contributed by atoms with Crippen LogP contribution in [-0.4, -0.2) is 16.2 Å². The molecule has 0 aromatic carbocycles. The zero-order chi connectivity index (χ0) is 7.40. The molecule has 3 nitrogen and oxygen atoms in total. The SMILES string of the molecule is CC=Nc1cncnc1C. The van der Waals surface area contributed by atoms with E-state index in [0.29, 0.717) is 0 Å². The average molecular weight is 135 g/mol.